The van der Waals surface area contributed by atoms with Crippen molar-refractivity contribution in [2.45, 2.75) is 0 Å². The molecule has 0 saturated carbocycles. The molecule has 0 aliphatic carbocycles. The first-order chi connectivity index (χ1) is 11.7. The van der Waals surface area contributed by atoms with Crippen LogP contribution in [0, 0.1) is 0 Å². The number of para-hydroxylation sites is 2. The van der Waals surface area contributed by atoms with Gasteiger partial charge in [-0.15, -0.1) is 0 Å². The third kappa shape index (κ3) is 3.83. The minimum atomic E-state index is -0.635. The molecule has 2 aromatic carbocycles. The maximum Gasteiger partial charge on any atom is 0.376 e. The summed E-state index contributed by atoms with van der Waals surface area (Å²) in [5.74, 6) is -0.223. The van der Waals surface area contributed by atoms with Crippen molar-refractivity contribution >= 4 is 29.2 Å². The van der Waals surface area contributed by atoms with Crippen molar-refractivity contribution in [3.8, 4) is 0 Å². The van der Waals surface area contributed by atoms with E-state index in [1.807, 2.05) is 60.7 Å². The average molecular weight is 321 g/mol. The van der Waals surface area contributed by atoms with E-state index in [2.05, 4.69) is 25.6 Å². The van der Waals surface area contributed by atoms with Gasteiger partial charge in [-0.2, -0.15) is 15.0 Å². The van der Waals surface area contributed by atoms with Crippen molar-refractivity contribution in [1.82, 2.24) is 15.0 Å². The molecule has 3 aromatic rings. The standard InChI is InChI=1S/C17H15N5O2/c1-24-15(23)14-20-16(18-12-8-4-2-5-9-12)22-17(21-14)19-13-10-6-3-7-11-13/h2-11H,1H3,(H2,18,19,20,21,22). The lowest BCUT2D eigenvalue weighted by molar-refractivity contribution is 0.0586. The lowest BCUT2D eigenvalue weighted by Gasteiger charge is -2.09. The van der Waals surface area contributed by atoms with Crippen LogP contribution < -0.4 is 10.6 Å². The second-order valence-corrected chi connectivity index (χ2v) is 4.78. The highest BCUT2D eigenvalue weighted by Gasteiger charge is 2.14. The largest absolute Gasteiger partial charge is 0.463 e. The van der Waals surface area contributed by atoms with Crippen LogP contribution in [0.5, 0.6) is 0 Å². The Morgan fingerprint density at radius 1 is 0.792 bits per heavy atom. The number of nitrogens with one attached hydrogen (secondary N) is 2. The van der Waals surface area contributed by atoms with Gasteiger partial charge in [-0.05, 0) is 24.3 Å². The summed E-state index contributed by atoms with van der Waals surface area (Å²) in [7, 11) is 1.28. The fourth-order valence-corrected chi connectivity index (χ4v) is 1.97. The van der Waals surface area contributed by atoms with Crippen LogP contribution in [0.25, 0.3) is 0 Å². The number of carbonyl (C=O) groups excluding carboxylic acids is 1. The second-order valence-electron chi connectivity index (χ2n) is 4.78. The third-order valence-electron chi connectivity index (χ3n) is 3.06. The van der Waals surface area contributed by atoms with Crippen molar-refractivity contribution in [2.75, 3.05) is 17.7 Å². The summed E-state index contributed by atoms with van der Waals surface area (Å²) in [6.07, 6.45) is 0. The highest BCUT2D eigenvalue weighted by atomic mass is 16.5. The Hall–Kier alpha value is -3.48. The number of carbonyl (C=O) groups is 1. The van der Waals surface area contributed by atoms with Crippen LogP contribution >= 0.6 is 0 Å². The van der Waals surface area contributed by atoms with Gasteiger partial charge in [0, 0.05) is 11.4 Å². The van der Waals surface area contributed by atoms with Crippen LogP contribution in [0.2, 0.25) is 0 Å². The van der Waals surface area contributed by atoms with Crippen molar-refractivity contribution < 1.29 is 9.53 Å². The van der Waals surface area contributed by atoms with Crippen molar-refractivity contribution in [3.63, 3.8) is 0 Å². The molecule has 0 fully saturated rings. The predicted octanol–water partition coefficient (Wildman–Crippen LogP) is 3.15. The maximum atomic E-state index is 11.8. The van der Waals surface area contributed by atoms with Crippen molar-refractivity contribution in [1.29, 1.82) is 0 Å². The van der Waals surface area contributed by atoms with Gasteiger partial charge in [0.25, 0.3) is 0 Å². The summed E-state index contributed by atoms with van der Waals surface area (Å²) in [4.78, 5) is 24.3. The topological polar surface area (TPSA) is 89.0 Å². The Morgan fingerprint density at radius 3 is 1.67 bits per heavy atom. The number of ether oxygens (including phenoxy) is 1. The molecule has 1 aromatic heterocycles. The average Bonchev–Trinajstić information content (AvgIpc) is 2.62. The molecule has 0 spiro atoms. The number of methoxy groups -OCH3 is 1. The molecule has 3 rings (SSSR count). The number of hydrogen-bond donors (Lipinski definition) is 2. The fraction of sp³-hybridized carbons (Fsp3) is 0.0588. The van der Waals surface area contributed by atoms with E-state index >= 15 is 0 Å². The maximum absolute atomic E-state index is 11.8. The van der Waals surface area contributed by atoms with E-state index in [9.17, 15) is 4.79 Å². The number of anilines is 4. The SMILES string of the molecule is COC(=O)c1nc(Nc2ccccc2)nc(Nc2ccccc2)n1. The molecule has 24 heavy (non-hydrogen) atoms. The van der Waals surface area contributed by atoms with E-state index < -0.39 is 5.97 Å². The van der Waals surface area contributed by atoms with Crippen molar-refractivity contribution in [3.05, 3.63) is 66.5 Å². The van der Waals surface area contributed by atoms with Gasteiger partial charge in [-0.1, -0.05) is 36.4 Å². The third-order valence-corrected chi connectivity index (χ3v) is 3.06. The van der Waals surface area contributed by atoms with Gasteiger partial charge in [-0.25, -0.2) is 4.79 Å². The van der Waals surface area contributed by atoms with E-state index in [4.69, 9.17) is 4.74 Å². The Bertz CT molecular complexity index is 765. The molecule has 0 aliphatic rings. The zero-order valence-corrected chi connectivity index (χ0v) is 12.9. The zero-order valence-electron chi connectivity index (χ0n) is 12.9. The van der Waals surface area contributed by atoms with Crippen LogP contribution in [-0.2, 0) is 4.74 Å². The van der Waals surface area contributed by atoms with E-state index in [1.165, 1.54) is 7.11 Å². The minimum absolute atomic E-state index is 0.0793. The molecule has 0 unspecified atom stereocenters. The molecule has 0 amide bonds. The molecule has 0 bridgehead atoms. The number of aromatic nitrogens is 3. The number of esters is 1. The normalized spacial score (nSPS) is 10.0. The summed E-state index contributed by atoms with van der Waals surface area (Å²) in [5.41, 5.74) is 1.59. The summed E-state index contributed by atoms with van der Waals surface area (Å²) in [5, 5.41) is 6.08. The molecule has 1 heterocycles. The highest BCUT2D eigenvalue weighted by molar-refractivity contribution is 5.85. The van der Waals surface area contributed by atoms with E-state index in [1.54, 1.807) is 0 Å². The van der Waals surface area contributed by atoms with Crippen LogP contribution in [0.4, 0.5) is 23.3 Å². The molecule has 0 radical (unpaired) electrons. The predicted molar refractivity (Wildman–Crippen MR) is 90.6 cm³/mol. The summed E-state index contributed by atoms with van der Waals surface area (Å²) in [6, 6.07) is 18.8. The smallest absolute Gasteiger partial charge is 0.376 e. The van der Waals surface area contributed by atoms with E-state index in [-0.39, 0.29) is 17.7 Å². The van der Waals surface area contributed by atoms with Crippen molar-refractivity contribution in [2.24, 2.45) is 0 Å². The summed E-state index contributed by atoms with van der Waals surface area (Å²) >= 11 is 0. The summed E-state index contributed by atoms with van der Waals surface area (Å²) < 4.78 is 4.70. The van der Waals surface area contributed by atoms with Crippen LogP contribution in [0.15, 0.2) is 60.7 Å². The molecule has 0 aliphatic heterocycles. The lowest BCUT2D eigenvalue weighted by Crippen LogP contribution is -2.13. The first-order valence-corrected chi connectivity index (χ1v) is 7.23. The van der Waals surface area contributed by atoms with E-state index in [0.717, 1.165) is 11.4 Å². The van der Waals surface area contributed by atoms with E-state index in [0.29, 0.717) is 0 Å². The Balaban J connectivity index is 1.92. The number of nitrogens with zero attached hydrogens (tertiary/aromatic N) is 3. The number of hydrogen-bond acceptors (Lipinski definition) is 7. The fourth-order valence-electron chi connectivity index (χ4n) is 1.97. The Labute approximate surface area is 138 Å². The van der Waals surface area contributed by atoms with Crippen LogP contribution in [-0.4, -0.2) is 28.0 Å². The summed E-state index contributed by atoms with van der Waals surface area (Å²) in [6.45, 7) is 0. The van der Waals surface area contributed by atoms with Crippen LogP contribution in [0.1, 0.15) is 10.6 Å². The zero-order chi connectivity index (χ0) is 16.8. The van der Waals surface area contributed by atoms with Gasteiger partial charge in [0.1, 0.15) is 0 Å². The van der Waals surface area contributed by atoms with Gasteiger partial charge in [0.2, 0.25) is 17.7 Å². The molecule has 0 atom stereocenters. The van der Waals surface area contributed by atoms with Gasteiger partial charge in [0.15, 0.2) is 0 Å². The van der Waals surface area contributed by atoms with Gasteiger partial charge >= 0.3 is 5.97 Å². The molecular weight excluding hydrogens is 306 g/mol. The second kappa shape index (κ2) is 7.19. The Morgan fingerprint density at radius 2 is 1.25 bits per heavy atom. The van der Waals surface area contributed by atoms with Gasteiger partial charge in [0.05, 0.1) is 7.11 Å². The Kier molecular flexibility index (Phi) is 4.62. The quantitative estimate of drug-likeness (QED) is 0.698. The van der Waals surface area contributed by atoms with Gasteiger partial charge < -0.3 is 15.4 Å². The minimum Gasteiger partial charge on any atom is -0.463 e. The molecule has 0 saturated heterocycles. The molecular formula is C17H15N5O2. The lowest BCUT2D eigenvalue weighted by atomic mass is 10.3. The van der Waals surface area contributed by atoms with Gasteiger partial charge in [-0.3, -0.25) is 0 Å². The number of benzene rings is 2. The molecule has 120 valence electrons. The first-order valence-electron chi connectivity index (χ1n) is 7.23. The molecule has 2 N–H and O–H groups in total. The molecule has 7 heteroatoms. The monoisotopic (exact) mass is 321 g/mol. The molecule has 7 nitrogen and oxygen atoms in total. The number of rotatable bonds is 5. The highest BCUT2D eigenvalue weighted by Crippen LogP contribution is 2.17. The first kappa shape index (κ1) is 15.4. The van der Waals surface area contributed by atoms with Crippen LogP contribution in [0.3, 0.4) is 0 Å².